The van der Waals surface area contributed by atoms with Gasteiger partial charge < -0.3 is 5.32 Å². The van der Waals surface area contributed by atoms with Crippen molar-refractivity contribution in [3.8, 4) is 11.4 Å². The first-order valence-electron chi connectivity index (χ1n) is 11.0. The second kappa shape index (κ2) is 9.17. The number of aryl methyl sites for hydroxylation is 1. The summed E-state index contributed by atoms with van der Waals surface area (Å²) in [7, 11) is 0. The number of nitrogens with zero attached hydrogens (tertiary/aromatic N) is 3. The molecule has 31 heavy (non-hydrogen) atoms. The zero-order chi connectivity index (χ0) is 21.2. The molecule has 0 radical (unpaired) electrons. The number of nitrogens with one attached hydrogen (secondary N) is 1. The van der Waals surface area contributed by atoms with Gasteiger partial charge in [-0.25, -0.2) is 0 Å². The van der Waals surface area contributed by atoms with E-state index in [-0.39, 0.29) is 11.2 Å². The Morgan fingerprint density at radius 1 is 1.00 bits per heavy atom. The van der Waals surface area contributed by atoms with Crippen molar-refractivity contribution < 1.29 is 4.79 Å². The standard InChI is InChI=1S/C24H25BrN4OS/c25-18-9-6-8-17(15-18)22-27-28-24(29(22)19-10-2-1-3-11-19)31-21-14-13-16-7-4-5-12-20(16)26-23(21)30/h4-9,12,15,19,21H,1-3,10-11,13-14H2,(H,26,30). The van der Waals surface area contributed by atoms with E-state index in [1.807, 2.05) is 30.3 Å². The summed E-state index contributed by atoms with van der Waals surface area (Å²) < 4.78 is 3.33. The highest BCUT2D eigenvalue weighted by atomic mass is 79.9. The first-order valence-corrected chi connectivity index (χ1v) is 12.6. The van der Waals surface area contributed by atoms with Crippen LogP contribution in [0.25, 0.3) is 11.4 Å². The predicted octanol–water partition coefficient (Wildman–Crippen LogP) is 6.26. The van der Waals surface area contributed by atoms with Gasteiger partial charge in [-0.1, -0.05) is 77.3 Å². The molecule has 0 bridgehead atoms. The largest absolute Gasteiger partial charge is 0.325 e. The number of para-hydroxylation sites is 1. The molecule has 0 saturated heterocycles. The average Bonchev–Trinajstić information content (AvgIpc) is 3.14. The molecule has 7 heteroatoms. The van der Waals surface area contributed by atoms with E-state index in [4.69, 9.17) is 0 Å². The number of hydrogen-bond acceptors (Lipinski definition) is 4. The second-order valence-electron chi connectivity index (χ2n) is 8.27. The van der Waals surface area contributed by atoms with Crippen LogP contribution in [0.3, 0.4) is 0 Å². The normalized spacial score (nSPS) is 19.5. The first-order chi connectivity index (χ1) is 15.2. The molecular formula is C24H25BrN4OS. The maximum absolute atomic E-state index is 13.0. The van der Waals surface area contributed by atoms with E-state index in [2.05, 4.69) is 54.2 Å². The lowest BCUT2D eigenvalue weighted by Gasteiger charge is -2.26. The Balaban J connectivity index is 1.47. The van der Waals surface area contributed by atoms with Gasteiger partial charge in [0, 0.05) is 21.8 Å². The number of fused-ring (bicyclic) bond motifs is 1. The van der Waals surface area contributed by atoms with Gasteiger partial charge in [0.15, 0.2) is 11.0 Å². The van der Waals surface area contributed by atoms with Crippen LogP contribution in [0.2, 0.25) is 0 Å². The number of carbonyl (C=O) groups is 1. The second-order valence-corrected chi connectivity index (χ2v) is 10.4. The minimum absolute atomic E-state index is 0.0529. The van der Waals surface area contributed by atoms with Crippen LogP contribution in [0.5, 0.6) is 0 Å². The summed E-state index contributed by atoms with van der Waals surface area (Å²) in [5.41, 5.74) is 3.18. The molecule has 1 unspecified atom stereocenters. The number of amides is 1. The number of benzene rings is 2. The third-order valence-electron chi connectivity index (χ3n) is 6.18. The molecule has 1 saturated carbocycles. The molecular weight excluding hydrogens is 472 g/mol. The third kappa shape index (κ3) is 4.44. The molecule has 1 aromatic heterocycles. The summed E-state index contributed by atoms with van der Waals surface area (Å²) in [4.78, 5) is 13.0. The summed E-state index contributed by atoms with van der Waals surface area (Å²) in [5, 5.41) is 13.0. The average molecular weight is 497 g/mol. The SMILES string of the molecule is O=C1Nc2ccccc2CCC1Sc1nnc(-c2cccc(Br)c2)n1C1CCCCC1. The number of rotatable bonds is 4. The topological polar surface area (TPSA) is 59.8 Å². The summed E-state index contributed by atoms with van der Waals surface area (Å²) in [6.45, 7) is 0. The molecule has 1 aliphatic heterocycles. The molecule has 1 N–H and O–H groups in total. The Kier molecular flexibility index (Phi) is 6.14. The van der Waals surface area contributed by atoms with Crippen molar-refractivity contribution in [2.75, 3.05) is 5.32 Å². The Morgan fingerprint density at radius 2 is 1.84 bits per heavy atom. The summed E-state index contributed by atoms with van der Waals surface area (Å²) in [6.07, 6.45) is 7.68. The van der Waals surface area contributed by atoms with Crippen LogP contribution >= 0.6 is 27.7 Å². The van der Waals surface area contributed by atoms with E-state index in [0.717, 1.165) is 52.4 Å². The molecule has 1 fully saturated rings. The molecule has 5 nitrogen and oxygen atoms in total. The van der Waals surface area contributed by atoms with Gasteiger partial charge in [0.05, 0.1) is 5.25 Å². The monoisotopic (exact) mass is 496 g/mol. The van der Waals surface area contributed by atoms with Gasteiger partial charge in [-0.15, -0.1) is 10.2 Å². The maximum atomic E-state index is 13.0. The number of anilines is 1. The fraction of sp³-hybridized carbons (Fsp3) is 0.375. The first kappa shape index (κ1) is 20.8. The summed E-state index contributed by atoms with van der Waals surface area (Å²) in [5.74, 6) is 0.949. The predicted molar refractivity (Wildman–Crippen MR) is 128 cm³/mol. The van der Waals surface area contributed by atoms with Gasteiger partial charge in [-0.05, 0) is 49.4 Å². The zero-order valence-corrected chi connectivity index (χ0v) is 19.7. The third-order valence-corrected chi connectivity index (χ3v) is 7.90. The number of halogens is 1. The summed E-state index contributed by atoms with van der Waals surface area (Å²) >= 11 is 5.14. The van der Waals surface area contributed by atoms with Crippen LogP contribution in [0.15, 0.2) is 58.2 Å². The van der Waals surface area contributed by atoms with Crippen molar-refractivity contribution in [3.63, 3.8) is 0 Å². The smallest absolute Gasteiger partial charge is 0.237 e. The van der Waals surface area contributed by atoms with Crippen LogP contribution < -0.4 is 5.32 Å². The minimum Gasteiger partial charge on any atom is -0.325 e. The Morgan fingerprint density at radius 3 is 2.68 bits per heavy atom. The Bertz CT molecular complexity index is 1090. The quantitative estimate of drug-likeness (QED) is 0.462. The van der Waals surface area contributed by atoms with Crippen molar-refractivity contribution in [1.29, 1.82) is 0 Å². The number of carbonyl (C=O) groups excluding carboxylic acids is 1. The van der Waals surface area contributed by atoms with Gasteiger partial charge in [-0.2, -0.15) is 0 Å². The molecule has 0 spiro atoms. The van der Waals surface area contributed by atoms with Gasteiger partial charge >= 0.3 is 0 Å². The Labute approximate surface area is 195 Å². The summed E-state index contributed by atoms with van der Waals surface area (Å²) in [6, 6.07) is 16.7. The van der Waals surface area contributed by atoms with E-state index in [1.165, 1.54) is 24.8 Å². The number of hydrogen-bond donors (Lipinski definition) is 1. The zero-order valence-electron chi connectivity index (χ0n) is 17.3. The minimum atomic E-state index is -0.186. The van der Waals surface area contributed by atoms with Crippen LogP contribution in [0.1, 0.15) is 50.1 Å². The molecule has 2 aromatic carbocycles. The van der Waals surface area contributed by atoms with Crippen molar-refractivity contribution in [2.45, 2.75) is 61.4 Å². The molecule has 2 aliphatic rings. The van der Waals surface area contributed by atoms with E-state index in [9.17, 15) is 4.79 Å². The fourth-order valence-electron chi connectivity index (χ4n) is 4.58. The number of thioether (sulfide) groups is 1. The molecule has 160 valence electrons. The highest BCUT2D eigenvalue weighted by Crippen LogP contribution is 2.38. The van der Waals surface area contributed by atoms with Crippen molar-refractivity contribution in [1.82, 2.24) is 14.8 Å². The molecule has 3 aromatic rings. The highest BCUT2D eigenvalue weighted by Gasteiger charge is 2.30. The van der Waals surface area contributed by atoms with E-state index in [1.54, 1.807) is 11.8 Å². The van der Waals surface area contributed by atoms with E-state index in [0.29, 0.717) is 6.04 Å². The number of aromatic nitrogens is 3. The molecule has 5 rings (SSSR count). The maximum Gasteiger partial charge on any atom is 0.237 e. The lowest BCUT2D eigenvalue weighted by atomic mass is 9.95. The molecule has 1 amide bonds. The van der Waals surface area contributed by atoms with Crippen LogP contribution in [0, 0.1) is 0 Å². The van der Waals surface area contributed by atoms with E-state index >= 15 is 0 Å². The van der Waals surface area contributed by atoms with Gasteiger partial charge in [0.25, 0.3) is 0 Å². The Hall–Kier alpha value is -2.12. The van der Waals surface area contributed by atoms with Gasteiger partial charge in [-0.3, -0.25) is 9.36 Å². The van der Waals surface area contributed by atoms with Crippen LogP contribution in [-0.2, 0) is 11.2 Å². The van der Waals surface area contributed by atoms with Crippen LogP contribution in [-0.4, -0.2) is 25.9 Å². The molecule has 2 heterocycles. The van der Waals surface area contributed by atoms with Gasteiger partial charge in [0.2, 0.25) is 5.91 Å². The molecule has 1 aliphatic carbocycles. The fourth-order valence-corrected chi connectivity index (χ4v) is 6.07. The van der Waals surface area contributed by atoms with Gasteiger partial charge in [0.1, 0.15) is 0 Å². The molecule has 1 atom stereocenters. The highest BCUT2D eigenvalue weighted by molar-refractivity contribution is 9.10. The van der Waals surface area contributed by atoms with E-state index < -0.39 is 0 Å². The van der Waals surface area contributed by atoms with Crippen molar-refractivity contribution in [2.24, 2.45) is 0 Å². The lowest BCUT2D eigenvalue weighted by Crippen LogP contribution is -2.24. The lowest BCUT2D eigenvalue weighted by molar-refractivity contribution is -0.115. The van der Waals surface area contributed by atoms with Crippen molar-refractivity contribution >= 4 is 39.3 Å². The van der Waals surface area contributed by atoms with Crippen molar-refractivity contribution in [3.05, 3.63) is 58.6 Å². The van der Waals surface area contributed by atoms with Crippen LogP contribution in [0.4, 0.5) is 5.69 Å².